The van der Waals surface area contributed by atoms with Crippen molar-refractivity contribution in [3.05, 3.63) is 38.7 Å². The van der Waals surface area contributed by atoms with Crippen molar-refractivity contribution in [3.63, 3.8) is 0 Å². The minimum absolute atomic E-state index is 0.0106. The van der Waals surface area contributed by atoms with Crippen molar-refractivity contribution in [3.8, 4) is 0 Å². The van der Waals surface area contributed by atoms with Gasteiger partial charge in [0.05, 0.1) is 11.2 Å². The van der Waals surface area contributed by atoms with Gasteiger partial charge in [0.15, 0.2) is 0 Å². The molecule has 118 valence electrons. The van der Waals surface area contributed by atoms with Crippen LogP contribution in [0.15, 0.2) is 27.6 Å². The highest BCUT2D eigenvalue weighted by Gasteiger charge is 2.42. The number of rotatable bonds is 1. The van der Waals surface area contributed by atoms with E-state index in [1.165, 1.54) is 16.8 Å². The summed E-state index contributed by atoms with van der Waals surface area (Å²) in [6.45, 7) is 1.63. The lowest BCUT2D eigenvalue weighted by atomic mass is 9.77. The first-order valence-electron chi connectivity index (χ1n) is 6.59. The average molecular weight is 377 g/mol. The topological polar surface area (TPSA) is 55.1 Å². The molecule has 0 spiro atoms. The zero-order valence-electron chi connectivity index (χ0n) is 11.5. The molecule has 0 unspecified atom stereocenters. The van der Waals surface area contributed by atoms with E-state index in [0.717, 1.165) is 0 Å². The zero-order chi connectivity index (χ0) is 16.3. The zero-order valence-corrected chi connectivity index (χ0v) is 13.1. The molecule has 22 heavy (non-hydrogen) atoms. The summed E-state index contributed by atoms with van der Waals surface area (Å²) in [5, 5.41) is 9.68. The van der Waals surface area contributed by atoms with Crippen LogP contribution in [0.25, 0.3) is 11.0 Å². The fourth-order valence-corrected chi connectivity index (χ4v) is 3.25. The van der Waals surface area contributed by atoms with Gasteiger partial charge in [0.25, 0.3) is 5.56 Å². The number of pyridine rings is 2. The predicted octanol–water partition coefficient (Wildman–Crippen LogP) is 3.26. The van der Waals surface area contributed by atoms with E-state index in [2.05, 4.69) is 20.9 Å². The Hall–Kier alpha value is -1.41. The van der Waals surface area contributed by atoms with Crippen LogP contribution in [0.1, 0.15) is 31.4 Å². The van der Waals surface area contributed by atoms with Gasteiger partial charge in [0.1, 0.15) is 5.65 Å². The molecule has 3 rings (SSSR count). The van der Waals surface area contributed by atoms with Gasteiger partial charge in [0, 0.05) is 28.2 Å². The minimum Gasteiger partial charge on any atom is -0.390 e. The second-order valence-electron chi connectivity index (χ2n) is 5.85. The first kappa shape index (κ1) is 15.5. The lowest BCUT2D eigenvalue weighted by molar-refractivity contribution is -0.136. The molecule has 1 aliphatic rings. The molecule has 0 radical (unpaired) electrons. The van der Waals surface area contributed by atoms with Crippen molar-refractivity contribution in [2.24, 2.45) is 0 Å². The van der Waals surface area contributed by atoms with Crippen LogP contribution >= 0.6 is 15.9 Å². The Balaban J connectivity index is 2.27. The van der Waals surface area contributed by atoms with Crippen LogP contribution in [-0.2, 0) is 6.18 Å². The third-order valence-electron chi connectivity index (χ3n) is 3.88. The summed E-state index contributed by atoms with van der Waals surface area (Å²) in [7, 11) is 0. The maximum atomic E-state index is 13.2. The average Bonchev–Trinajstić information content (AvgIpc) is 2.34. The van der Waals surface area contributed by atoms with Crippen molar-refractivity contribution in [1.29, 1.82) is 0 Å². The van der Waals surface area contributed by atoms with Gasteiger partial charge in [0.2, 0.25) is 0 Å². The minimum atomic E-state index is -4.63. The molecule has 0 saturated heterocycles. The Bertz CT molecular complexity index is 806. The number of alkyl halides is 3. The number of aromatic nitrogens is 2. The fraction of sp³-hybridized carbons (Fsp3) is 0.429. The van der Waals surface area contributed by atoms with Gasteiger partial charge in [-0.25, -0.2) is 4.98 Å². The van der Waals surface area contributed by atoms with Crippen LogP contribution < -0.4 is 5.56 Å². The van der Waals surface area contributed by atoms with Crippen molar-refractivity contribution in [2.45, 2.75) is 37.6 Å². The summed E-state index contributed by atoms with van der Waals surface area (Å²) < 4.78 is 41.1. The fourth-order valence-electron chi connectivity index (χ4n) is 2.92. The maximum Gasteiger partial charge on any atom is 0.417 e. The quantitative estimate of drug-likeness (QED) is 0.830. The Morgan fingerprint density at radius 1 is 1.41 bits per heavy atom. The molecule has 0 bridgehead atoms. The van der Waals surface area contributed by atoms with Crippen LogP contribution in [0.3, 0.4) is 0 Å². The normalized spacial score (nSPS) is 25.3. The van der Waals surface area contributed by atoms with Gasteiger partial charge in [-0.2, -0.15) is 13.2 Å². The van der Waals surface area contributed by atoms with Crippen LogP contribution in [-0.4, -0.2) is 20.3 Å². The third-order valence-corrected chi connectivity index (χ3v) is 4.31. The maximum absolute atomic E-state index is 13.2. The molecule has 2 heterocycles. The highest BCUT2D eigenvalue weighted by molar-refractivity contribution is 9.10. The molecular formula is C14H12BrF3N2O2. The van der Waals surface area contributed by atoms with Gasteiger partial charge in [-0.3, -0.25) is 9.36 Å². The van der Waals surface area contributed by atoms with E-state index >= 15 is 0 Å². The molecule has 1 fully saturated rings. The van der Waals surface area contributed by atoms with Crippen LogP contribution in [0.2, 0.25) is 0 Å². The van der Waals surface area contributed by atoms with E-state index < -0.39 is 22.9 Å². The van der Waals surface area contributed by atoms with Gasteiger partial charge in [-0.05, 0) is 41.8 Å². The SMILES string of the molecule is C[C@]1(O)C[C@@H](n2c(=O)cc(C(F)(F)F)c3cc(Br)cnc32)C1. The Morgan fingerprint density at radius 2 is 2.05 bits per heavy atom. The third kappa shape index (κ3) is 2.54. The lowest BCUT2D eigenvalue weighted by Gasteiger charge is -2.42. The summed E-state index contributed by atoms with van der Waals surface area (Å²) in [5.41, 5.74) is -2.66. The molecule has 0 amide bonds. The number of fused-ring (bicyclic) bond motifs is 1. The lowest BCUT2D eigenvalue weighted by Crippen LogP contribution is -2.45. The van der Waals surface area contributed by atoms with Crippen molar-refractivity contribution in [2.75, 3.05) is 0 Å². The van der Waals surface area contributed by atoms with Crippen molar-refractivity contribution in [1.82, 2.24) is 9.55 Å². The first-order chi connectivity index (χ1) is 10.1. The largest absolute Gasteiger partial charge is 0.417 e. The van der Waals surface area contributed by atoms with Crippen LogP contribution in [0.5, 0.6) is 0 Å². The molecule has 0 aliphatic heterocycles. The number of hydrogen-bond acceptors (Lipinski definition) is 3. The van der Waals surface area contributed by atoms with E-state index in [0.29, 0.717) is 23.4 Å². The molecule has 2 aromatic rings. The first-order valence-corrected chi connectivity index (χ1v) is 7.38. The summed E-state index contributed by atoms with van der Waals surface area (Å²) in [5.74, 6) is 0. The van der Waals surface area contributed by atoms with E-state index in [1.54, 1.807) is 6.92 Å². The summed E-state index contributed by atoms with van der Waals surface area (Å²) in [6, 6.07) is 1.56. The van der Waals surface area contributed by atoms with Gasteiger partial charge < -0.3 is 5.11 Å². The predicted molar refractivity (Wildman–Crippen MR) is 77.6 cm³/mol. The molecule has 4 nitrogen and oxygen atoms in total. The van der Waals surface area contributed by atoms with E-state index in [4.69, 9.17) is 0 Å². The van der Waals surface area contributed by atoms with Crippen LogP contribution in [0.4, 0.5) is 13.2 Å². The van der Waals surface area contributed by atoms with E-state index in [1.807, 2.05) is 0 Å². The molecule has 1 saturated carbocycles. The second kappa shape index (κ2) is 4.79. The molecular weight excluding hydrogens is 365 g/mol. The molecule has 0 atom stereocenters. The molecule has 2 aromatic heterocycles. The van der Waals surface area contributed by atoms with Crippen molar-refractivity contribution >= 4 is 27.0 Å². The molecule has 1 aliphatic carbocycles. The number of aliphatic hydroxyl groups is 1. The number of hydrogen-bond donors (Lipinski definition) is 1. The van der Waals surface area contributed by atoms with Gasteiger partial charge >= 0.3 is 6.18 Å². The molecule has 8 heteroatoms. The van der Waals surface area contributed by atoms with E-state index in [9.17, 15) is 23.1 Å². The highest BCUT2D eigenvalue weighted by atomic mass is 79.9. The monoisotopic (exact) mass is 376 g/mol. The molecule has 1 N–H and O–H groups in total. The van der Waals surface area contributed by atoms with Crippen LogP contribution in [0, 0.1) is 0 Å². The Morgan fingerprint density at radius 3 is 2.59 bits per heavy atom. The van der Waals surface area contributed by atoms with E-state index in [-0.39, 0.29) is 17.1 Å². The van der Waals surface area contributed by atoms with Gasteiger partial charge in [-0.1, -0.05) is 0 Å². The Kier molecular flexibility index (Phi) is 3.37. The molecule has 0 aromatic carbocycles. The summed E-state index contributed by atoms with van der Waals surface area (Å²) in [4.78, 5) is 16.2. The standard InChI is InChI=1S/C14H12BrF3N2O2/c1-13(22)4-8(5-13)20-11(21)3-10(14(16,17)18)9-2-7(15)6-19-12(9)20/h2-3,6,8,22H,4-5H2,1H3/t8-,13+. The second-order valence-corrected chi connectivity index (χ2v) is 6.76. The smallest absolute Gasteiger partial charge is 0.390 e. The summed E-state index contributed by atoms with van der Waals surface area (Å²) in [6.07, 6.45) is -2.66. The number of halogens is 4. The number of nitrogens with zero attached hydrogens (tertiary/aromatic N) is 2. The highest BCUT2D eigenvalue weighted by Crippen LogP contribution is 2.42. The Labute approximate surface area is 131 Å². The van der Waals surface area contributed by atoms with Crippen molar-refractivity contribution < 1.29 is 18.3 Å². The summed E-state index contributed by atoms with van der Waals surface area (Å²) >= 11 is 3.11. The van der Waals surface area contributed by atoms with Gasteiger partial charge in [-0.15, -0.1) is 0 Å².